The van der Waals surface area contributed by atoms with Crippen LogP contribution in [0.25, 0.3) is 0 Å². The molecule has 0 aromatic carbocycles. The Labute approximate surface area is 254 Å². The van der Waals surface area contributed by atoms with Crippen molar-refractivity contribution in [2.75, 3.05) is 0 Å². The molecule has 0 N–H and O–H groups in total. The van der Waals surface area contributed by atoms with Crippen molar-refractivity contribution in [3.05, 3.63) is 24.3 Å². The van der Waals surface area contributed by atoms with Crippen molar-refractivity contribution in [2.24, 2.45) is 11.8 Å². The highest BCUT2D eigenvalue weighted by molar-refractivity contribution is 5.82. The predicted octanol–water partition coefficient (Wildman–Crippen LogP) is 7.37. The minimum atomic E-state index is -0.562. The van der Waals surface area contributed by atoms with Gasteiger partial charge in [-0.3, -0.25) is 19.2 Å². The van der Waals surface area contributed by atoms with Crippen LogP contribution in [0.4, 0.5) is 0 Å². The van der Waals surface area contributed by atoms with Crippen molar-refractivity contribution in [3.8, 4) is 6.07 Å². The number of hydrogen-bond donors (Lipinski definition) is 0. The van der Waals surface area contributed by atoms with Gasteiger partial charge in [-0.25, -0.2) is 0 Å². The van der Waals surface area contributed by atoms with Crippen molar-refractivity contribution in [1.82, 2.24) is 0 Å². The second kappa shape index (κ2) is 29.2. The van der Waals surface area contributed by atoms with E-state index in [9.17, 15) is 24.0 Å². The minimum Gasteiger partial charge on any atom is -0.462 e. The first-order valence-electron chi connectivity index (χ1n) is 14.9. The number of hydrogen-bond acceptors (Lipinski definition) is 9. The maximum Gasteiger partial charge on any atom is 0.310 e. The summed E-state index contributed by atoms with van der Waals surface area (Å²) in [6.45, 7) is 15.1. The molecule has 42 heavy (non-hydrogen) atoms. The normalized spacial score (nSPS) is 13.2. The fourth-order valence-corrected chi connectivity index (χ4v) is 3.78. The summed E-state index contributed by atoms with van der Waals surface area (Å²) >= 11 is 0. The smallest absolute Gasteiger partial charge is 0.310 e. The fourth-order valence-electron chi connectivity index (χ4n) is 3.78. The molecule has 0 aliphatic heterocycles. The lowest BCUT2D eigenvalue weighted by Crippen LogP contribution is -2.23. The van der Waals surface area contributed by atoms with Crippen LogP contribution in [-0.4, -0.2) is 41.9 Å². The summed E-state index contributed by atoms with van der Waals surface area (Å²) in [7, 11) is 0. The van der Waals surface area contributed by atoms with Crippen LogP contribution in [0, 0.1) is 23.2 Å². The van der Waals surface area contributed by atoms with E-state index in [4.69, 9.17) is 14.7 Å². The highest BCUT2D eigenvalue weighted by Gasteiger charge is 2.17. The Morgan fingerprint density at radius 3 is 1.40 bits per heavy atom. The Balaban J connectivity index is -0.000000597. The minimum absolute atomic E-state index is 0.00174. The Morgan fingerprint density at radius 2 is 1.10 bits per heavy atom. The lowest BCUT2D eigenvalue weighted by Gasteiger charge is -2.21. The average Bonchev–Trinajstić information content (AvgIpc) is 2.88. The monoisotopic (exact) mass is 593 g/mol. The van der Waals surface area contributed by atoms with E-state index in [1.54, 1.807) is 6.92 Å². The van der Waals surface area contributed by atoms with Crippen LogP contribution in [0.3, 0.4) is 0 Å². The topological polar surface area (TPSA) is 137 Å². The van der Waals surface area contributed by atoms with Crippen LogP contribution < -0.4 is 0 Å². The molecule has 9 heteroatoms. The maximum atomic E-state index is 11.0. The molecule has 0 saturated heterocycles. The number of unbranched alkanes of at least 4 members (excludes halogenated alkanes) is 3. The van der Waals surface area contributed by atoms with E-state index in [0.717, 1.165) is 51.4 Å². The summed E-state index contributed by atoms with van der Waals surface area (Å²) in [5, 5.41) is 8.36. The molecule has 240 valence electrons. The molecule has 0 spiro atoms. The van der Waals surface area contributed by atoms with E-state index >= 15 is 0 Å². The van der Waals surface area contributed by atoms with Crippen molar-refractivity contribution in [3.63, 3.8) is 0 Å². The lowest BCUT2D eigenvalue weighted by atomic mass is 9.98. The Kier molecular flexibility index (Phi) is 30.0. The van der Waals surface area contributed by atoms with Crippen LogP contribution in [-0.2, 0) is 38.2 Å². The molecule has 0 amide bonds. The number of carbonyl (C=O) groups is 5. The second-order valence-electron chi connectivity index (χ2n) is 10.2. The lowest BCUT2D eigenvalue weighted by molar-refractivity contribution is -0.156. The van der Waals surface area contributed by atoms with Gasteiger partial charge in [0, 0.05) is 40.5 Å². The molecule has 0 saturated carbocycles. The third-order valence-electron chi connectivity index (χ3n) is 5.92. The van der Waals surface area contributed by atoms with Gasteiger partial charge in [-0.1, -0.05) is 52.0 Å². The zero-order valence-corrected chi connectivity index (χ0v) is 27.4. The van der Waals surface area contributed by atoms with Crippen LogP contribution in [0.2, 0.25) is 0 Å². The molecule has 4 atom stereocenters. The van der Waals surface area contributed by atoms with E-state index in [1.165, 1.54) is 27.7 Å². The number of carbonyl (C=O) groups excluding carboxylic acids is 5. The summed E-state index contributed by atoms with van der Waals surface area (Å²) in [6.07, 6.45) is 17.0. The molecule has 0 rings (SSSR count). The number of Topliss-reactive ketones (excluding diaryl/α,β-unsaturated/α-hetero) is 1. The predicted molar refractivity (Wildman–Crippen MR) is 164 cm³/mol. The number of rotatable bonds is 17. The third kappa shape index (κ3) is 32.9. The molecule has 0 bridgehead atoms. The molecule has 0 fully saturated rings. The Bertz CT molecular complexity index is 860. The number of nitrogens with zero attached hydrogens (tertiary/aromatic N) is 1. The zero-order valence-electron chi connectivity index (χ0n) is 27.4. The number of nitriles is 1. The molecular formula is C33H55NO8. The van der Waals surface area contributed by atoms with E-state index < -0.39 is 11.9 Å². The highest BCUT2D eigenvalue weighted by atomic mass is 16.6. The molecule has 0 aromatic heterocycles. The summed E-state index contributed by atoms with van der Waals surface area (Å²) in [5.74, 6) is -0.599. The van der Waals surface area contributed by atoms with Crippen molar-refractivity contribution in [2.45, 2.75) is 139 Å². The van der Waals surface area contributed by atoms with Gasteiger partial charge in [0.15, 0.2) is 0 Å². The van der Waals surface area contributed by atoms with Crippen LogP contribution in [0.5, 0.6) is 0 Å². The van der Waals surface area contributed by atoms with Crippen molar-refractivity contribution in [1.29, 1.82) is 5.26 Å². The van der Waals surface area contributed by atoms with E-state index in [2.05, 4.69) is 42.9 Å². The van der Waals surface area contributed by atoms with Gasteiger partial charge in [0.2, 0.25) is 0 Å². The second-order valence-corrected chi connectivity index (χ2v) is 10.2. The summed E-state index contributed by atoms with van der Waals surface area (Å²) < 4.78 is 14.5. The van der Waals surface area contributed by atoms with Crippen LogP contribution >= 0.6 is 0 Å². The first-order valence-corrected chi connectivity index (χ1v) is 14.9. The Hall–Kier alpha value is -3.28. The summed E-state index contributed by atoms with van der Waals surface area (Å²) in [5.41, 5.74) is 0. The quantitative estimate of drug-likeness (QED) is 0.0556. The number of ketones is 1. The van der Waals surface area contributed by atoms with E-state index in [-0.39, 0.29) is 29.9 Å². The maximum absolute atomic E-state index is 11.0. The fraction of sp³-hybridized carbons (Fsp3) is 0.697. The van der Waals surface area contributed by atoms with Gasteiger partial charge in [-0.2, -0.15) is 5.26 Å². The molecule has 0 aromatic rings. The number of ether oxygens (including phenoxy) is 3. The van der Waals surface area contributed by atoms with Gasteiger partial charge in [-0.05, 0) is 70.1 Å². The van der Waals surface area contributed by atoms with Gasteiger partial charge < -0.3 is 19.0 Å². The largest absolute Gasteiger partial charge is 0.462 e. The number of allylic oxidation sites excluding steroid dienone is 4. The molecular weight excluding hydrogens is 538 g/mol. The summed E-state index contributed by atoms with van der Waals surface area (Å²) in [4.78, 5) is 52.2. The zero-order chi connectivity index (χ0) is 32.9. The summed E-state index contributed by atoms with van der Waals surface area (Å²) in [6, 6.07) is 2.10. The average molecular weight is 594 g/mol. The molecule has 0 aliphatic carbocycles. The van der Waals surface area contributed by atoms with Crippen molar-refractivity contribution < 1.29 is 38.2 Å². The first kappa shape index (κ1) is 43.2. The van der Waals surface area contributed by atoms with Gasteiger partial charge in [0.05, 0.1) is 6.07 Å². The number of esters is 4. The molecule has 0 radical (unpaired) electrons. The first-order chi connectivity index (χ1) is 19.7. The van der Waals surface area contributed by atoms with Gasteiger partial charge >= 0.3 is 23.9 Å². The van der Waals surface area contributed by atoms with Crippen LogP contribution in [0.15, 0.2) is 24.3 Å². The molecule has 9 nitrogen and oxygen atoms in total. The van der Waals surface area contributed by atoms with E-state index in [1.807, 2.05) is 19.9 Å². The molecule has 0 aliphatic rings. The Morgan fingerprint density at radius 1 is 0.667 bits per heavy atom. The van der Waals surface area contributed by atoms with Crippen molar-refractivity contribution >= 4 is 29.7 Å². The molecule has 0 heterocycles. The van der Waals surface area contributed by atoms with Gasteiger partial charge in [0.25, 0.3) is 0 Å². The highest BCUT2D eigenvalue weighted by Crippen LogP contribution is 2.17. The standard InChI is InChI=1S/C16H28O3.C13H21NO2.C4H6O3/c1-5-16(19-15(4)18)13(2)11-9-7-6-8-10-12-14(3)17;1-4-13(16-12(3)15)11(2)9-7-5-6-8-10-14;1-3(5)7-4(2)6/h7,9,13,16H,5-6,8,10-12H2,1-4H3;5,7,11,13H,4,6,8-9H2,1-3H3;1-2H3/b9-7+;7-5+;/t13-,16+;11-,13+;/m11./s1. The third-order valence-corrected chi connectivity index (χ3v) is 5.92. The SMILES string of the molecule is CC(=O)OC(C)=O.CC[C@H](OC(C)=O)[C@H](C)C/C=C/CCC#N.CC[C@H](OC(C)=O)[C@H](C)C/C=C/CCCCC(C)=O. The van der Waals surface area contributed by atoms with E-state index in [0.29, 0.717) is 24.7 Å². The van der Waals surface area contributed by atoms with Gasteiger partial charge in [-0.15, -0.1) is 0 Å². The molecule has 0 unspecified atom stereocenters. The van der Waals surface area contributed by atoms with Gasteiger partial charge in [0.1, 0.15) is 18.0 Å². The van der Waals surface area contributed by atoms with Crippen LogP contribution in [0.1, 0.15) is 127 Å².